The van der Waals surface area contributed by atoms with E-state index in [9.17, 15) is 9.59 Å². The minimum atomic E-state index is -0.205. The van der Waals surface area contributed by atoms with Crippen LogP contribution in [0.4, 0.5) is 5.69 Å². The van der Waals surface area contributed by atoms with Crippen molar-refractivity contribution in [2.75, 3.05) is 4.90 Å². The number of hydrogen-bond donors (Lipinski definition) is 0. The van der Waals surface area contributed by atoms with Crippen molar-refractivity contribution in [1.29, 1.82) is 0 Å². The second-order valence-corrected chi connectivity index (χ2v) is 9.22. The summed E-state index contributed by atoms with van der Waals surface area (Å²) in [6, 6.07) is 21.9. The van der Waals surface area contributed by atoms with E-state index in [-0.39, 0.29) is 11.7 Å². The topological polar surface area (TPSA) is 46.6 Å². The number of hydrogen-bond acceptors (Lipinski definition) is 5. The van der Waals surface area contributed by atoms with Crippen LogP contribution in [-0.4, -0.2) is 16.0 Å². The number of ether oxygens (including phenoxy) is 1. The van der Waals surface area contributed by atoms with E-state index < -0.39 is 0 Å². The lowest BCUT2D eigenvalue weighted by atomic mass is 10.1. The van der Waals surface area contributed by atoms with Gasteiger partial charge in [-0.3, -0.25) is 14.5 Å². The first-order valence-corrected chi connectivity index (χ1v) is 11.4. The molecule has 0 atom stereocenters. The largest absolute Gasteiger partial charge is 0.489 e. The SMILES string of the molecule is CC(=O)c1cccc(N2C(=O)/C(=C/c3ccc(OCc4ccc(Cl)cc4)cc3)SC2=S)c1. The second-order valence-electron chi connectivity index (χ2n) is 7.11. The number of carbonyl (C=O) groups excluding carboxylic acids is 2. The Morgan fingerprint density at radius 1 is 1.09 bits per heavy atom. The molecule has 1 heterocycles. The van der Waals surface area contributed by atoms with E-state index in [1.165, 1.54) is 23.6 Å². The highest BCUT2D eigenvalue weighted by atomic mass is 35.5. The standard InChI is InChI=1S/C25H18ClNO3S2/c1-16(28)19-3-2-4-21(14-19)27-24(29)23(32-25(27)31)13-17-7-11-22(12-8-17)30-15-18-5-9-20(26)10-6-18/h2-14H,15H2,1H3/b23-13-. The van der Waals surface area contributed by atoms with Crippen LogP contribution in [0.5, 0.6) is 5.75 Å². The number of amides is 1. The molecule has 0 aromatic heterocycles. The highest BCUT2D eigenvalue weighted by Gasteiger charge is 2.33. The first kappa shape index (κ1) is 22.3. The van der Waals surface area contributed by atoms with Crippen LogP contribution in [-0.2, 0) is 11.4 Å². The third-order valence-electron chi connectivity index (χ3n) is 4.80. The van der Waals surface area contributed by atoms with Gasteiger partial charge in [0.1, 0.15) is 12.4 Å². The first-order chi connectivity index (χ1) is 15.4. The molecule has 1 aliphatic heterocycles. The van der Waals surface area contributed by atoms with Gasteiger partial charge in [0.2, 0.25) is 0 Å². The molecule has 0 aliphatic carbocycles. The van der Waals surface area contributed by atoms with Crippen LogP contribution in [0.3, 0.4) is 0 Å². The number of carbonyl (C=O) groups is 2. The number of halogens is 1. The Morgan fingerprint density at radius 3 is 2.50 bits per heavy atom. The molecule has 1 fully saturated rings. The zero-order chi connectivity index (χ0) is 22.7. The van der Waals surface area contributed by atoms with Crippen LogP contribution in [0, 0.1) is 0 Å². The van der Waals surface area contributed by atoms with Gasteiger partial charge in [0.25, 0.3) is 5.91 Å². The summed E-state index contributed by atoms with van der Waals surface area (Å²) < 4.78 is 6.24. The van der Waals surface area contributed by atoms with Gasteiger partial charge in [-0.1, -0.05) is 72.0 Å². The summed E-state index contributed by atoms with van der Waals surface area (Å²) in [7, 11) is 0. The van der Waals surface area contributed by atoms with Crippen LogP contribution in [0.1, 0.15) is 28.4 Å². The smallest absolute Gasteiger partial charge is 0.270 e. The fraction of sp³-hybridized carbons (Fsp3) is 0.0800. The molecule has 4 nitrogen and oxygen atoms in total. The lowest BCUT2D eigenvalue weighted by Crippen LogP contribution is -2.27. The molecular formula is C25H18ClNO3S2. The fourth-order valence-corrected chi connectivity index (χ4v) is 4.54. The van der Waals surface area contributed by atoms with E-state index in [0.29, 0.717) is 32.1 Å². The summed E-state index contributed by atoms with van der Waals surface area (Å²) >= 11 is 12.6. The molecule has 1 aliphatic rings. The number of thiocarbonyl (C=S) groups is 1. The Hall–Kier alpha value is -2.93. The summed E-state index contributed by atoms with van der Waals surface area (Å²) in [5.74, 6) is 0.459. The molecule has 0 unspecified atom stereocenters. The molecule has 3 aromatic rings. The summed E-state index contributed by atoms with van der Waals surface area (Å²) in [6.45, 7) is 1.93. The van der Waals surface area contributed by atoms with Gasteiger partial charge in [0.05, 0.1) is 10.6 Å². The monoisotopic (exact) mass is 479 g/mol. The molecule has 7 heteroatoms. The summed E-state index contributed by atoms with van der Waals surface area (Å²) in [4.78, 5) is 26.6. The summed E-state index contributed by atoms with van der Waals surface area (Å²) in [5.41, 5.74) is 3.02. The van der Waals surface area contributed by atoms with Crippen LogP contribution in [0.15, 0.2) is 77.7 Å². The van der Waals surface area contributed by atoms with Crippen molar-refractivity contribution in [2.24, 2.45) is 0 Å². The fourth-order valence-electron chi connectivity index (χ4n) is 3.11. The molecule has 0 bridgehead atoms. The minimum Gasteiger partial charge on any atom is -0.489 e. The molecule has 0 radical (unpaired) electrons. The number of ketones is 1. The number of anilines is 1. The van der Waals surface area contributed by atoms with Crippen molar-refractivity contribution in [3.63, 3.8) is 0 Å². The molecule has 160 valence electrons. The molecule has 32 heavy (non-hydrogen) atoms. The zero-order valence-corrected chi connectivity index (χ0v) is 19.5. The number of thioether (sulfide) groups is 1. The molecule has 0 saturated carbocycles. The van der Waals surface area contributed by atoms with Gasteiger partial charge in [-0.15, -0.1) is 0 Å². The van der Waals surface area contributed by atoms with Crippen LogP contribution in [0.2, 0.25) is 5.02 Å². The van der Waals surface area contributed by atoms with Crippen molar-refractivity contribution in [2.45, 2.75) is 13.5 Å². The van der Waals surface area contributed by atoms with E-state index in [1.54, 1.807) is 30.3 Å². The molecule has 1 saturated heterocycles. The van der Waals surface area contributed by atoms with E-state index in [2.05, 4.69) is 0 Å². The van der Waals surface area contributed by atoms with Gasteiger partial charge in [0.15, 0.2) is 10.1 Å². The van der Waals surface area contributed by atoms with Crippen LogP contribution < -0.4 is 9.64 Å². The average molecular weight is 480 g/mol. The molecule has 0 spiro atoms. The highest BCUT2D eigenvalue weighted by Crippen LogP contribution is 2.36. The maximum Gasteiger partial charge on any atom is 0.270 e. The van der Waals surface area contributed by atoms with Gasteiger partial charge in [-0.2, -0.15) is 0 Å². The zero-order valence-electron chi connectivity index (χ0n) is 17.1. The summed E-state index contributed by atoms with van der Waals surface area (Å²) in [6.07, 6.45) is 1.80. The van der Waals surface area contributed by atoms with Gasteiger partial charge < -0.3 is 4.74 Å². The van der Waals surface area contributed by atoms with E-state index in [4.69, 9.17) is 28.6 Å². The highest BCUT2D eigenvalue weighted by molar-refractivity contribution is 8.27. The van der Waals surface area contributed by atoms with Crippen molar-refractivity contribution < 1.29 is 14.3 Å². The van der Waals surface area contributed by atoms with Crippen LogP contribution >= 0.6 is 35.6 Å². The maximum absolute atomic E-state index is 13.0. The van der Waals surface area contributed by atoms with Crippen molar-refractivity contribution in [3.8, 4) is 5.75 Å². The van der Waals surface area contributed by atoms with Crippen LogP contribution in [0.25, 0.3) is 6.08 Å². The number of nitrogens with zero attached hydrogens (tertiary/aromatic N) is 1. The lowest BCUT2D eigenvalue weighted by molar-refractivity contribution is -0.113. The predicted octanol–water partition coefficient (Wildman–Crippen LogP) is 6.53. The third kappa shape index (κ3) is 5.10. The first-order valence-electron chi connectivity index (χ1n) is 9.77. The van der Waals surface area contributed by atoms with Gasteiger partial charge >= 0.3 is 0 Å². The van der Waals surface area contributed by atoms with Crippen molar-refractivity contribution >= 4 is 63.4 Å². The van der Waals surface area contributed by atoms with E-state index in [1.807, 2.05) is 48.5 Å². The number of Topliss-reactive ketones (excluding diaryl/α,β-unsaturated/α-hetero) is 1. The minimum absolute atomic E-state index is 0.0637. The Balaban J connectivity index is 1.46. The third-order valence-corrected chi connectivity index (χ3v) is 6.36. The van der Waals surface area contributed by atoms with Gasteiger partial charge in [-0.05, 0) is 60.5 Å². The van der Waals surface area contributed by atoms with Crippen molar-refractivity contribution in [3.05, 3.63) is 99.4 Å². The predicted molar refractivity (Wildman–Crippen MR) is 134 cm³/mol. The molecule has 1 amide bonds. The Morgan fingerprint density at radius 2 is 1.81 bits per heavy atom. The van der Waals surface area contributed by atoms with Gasteiger partial charge in [0, 0.05) is 10.6 Å². The van der Waals surface area contributed by atoms with E-state index >= 15 is 0 Å². The molecule has 4 rings (SSSR count). The average Bonchev–Trinajstić information content (AvgIpc) is 3.07. The van der Waals surface area contributed by atoms with Gasteiger partial charge in [-0.25, -0.2) is 0 Å². The normalized spacial score (nSPS) is 14.8. The molecular weight excluding hydrogens is 462 g/mol. The number of rotatable bonds is 6. The maximum atomic E-state index is 13.0. The lowest BCUT2D eigenvalue weighted by Gasteiger charge is -2.15. The molecule has 0 N–H and O–H groups in total. The Bertz CT molecular complexity index is 1220. The Labute approximate surface area is 200 Å². The number of benzene rings is 3. The molecule has 3 aromatic carbocycles. The second kappa shape index (κ2) is 9.69. The quantitative estimate of drug-likeness (QED) is 0.228. The Kier molecular flexibility index (Phi) is 6.74. The summed E-state index contributed by atoms with van der Waals surface area (Å²) in [5, 5.41) is 0.690. The van der Waals surface area contributed by atoms with E-state index in [0.717, 1.165) is 16.9 Å². The van der Waals surface area contributed by atoms with Crippen molar-refractivity contribution in [1.82, 2.24) is 0 Å².